The summed E-state index contributed by atoms with van der Waals surface area (Å²) in [5, 5.41) is 9.16. The summed E-state index contributed by atoms with van der Waals surface area (Å²) < 4.78 is 24.3. The summed E-state index contributed by atoms with van der Waals surface area (Å²) >= 11 is 0. The molecule has 1 heterocycles. The third-order valence-corrected chi connectivity index (χ3v) is 3.81. The van der Waals surface area contributed by atoms with Crippen LogP contribution in [0.5, 0.6) is 0 Å². The standard InChI is InChI=1S/C10H8ClNO4S/c1-12-5-9(17(11,15)16)7-4-6(10(13)14)2-3-8(7)12/h2-5H,1H3,(H,13,14). The highest BCUT2D eigenvalue weighted by molar-refractivity contribution is 8.14. The lowest BCUT2D eigenvalue weighted by atomic mass is 10.1. The number of aromatic nitrogens is 1. The van der Waals surface area contributed by atoms with Crippen molar-refractivity contribution in [3.05, 3.63) is 30.0 Å². The Labute approximate surface area is 102 Å². The maximum absolute atomic E-state index is 11.3. The van der Waals surface area contributed by atoms with E-state index in [1.807, 2.05) is 0 Å². The zero-order valence-corrected chi connectivity index (χ0v) is 10.3. The molecule has 1 aromatic carbocycles. The average Bonchev–Trinajstić information content (AvgIpc) is 2.55. The Morgan fingerprint density at radius 2 is 2.06 bits per heavy atom. The van der Waals surface area contributed by atoms with Gasteiger partial charge < -0.3 is 9.67 Å². The number of carboxylic acids is 1. The van der Waals surface area contributed by atoms with Crippen molar-refractivity contribution < 1.29 is 18.3 Å². The molecule has 90 valence electrons. The average molecular weight is 274 g/mol. The van der Waals surface area contributed by atoms with Gasteiger partial charge in [-0.15, -0.1) is 0 Å². The molecule has 7 heteroatoms. The van der Waals surface area contributed by atoms with Gasteiger partial charge in [0.25, 0.3) is 9.05 Å². The van der Waals surface area contributed by atoms with Crippen LogP contribution in [0.3, 0.4) is 0 Å². The van der Waals surface area contributed by atoms with Gasteiger partial charge in [-0.05, 0) is 18.2 Å². The molecule has 0 unspecified atom stereocenters. The van der Waals surface area contributed by atoms with E-state index in [4.69, 9.17) is 15.8 Å². The number of halogens is 1. The van der Waals surface area contributed by atoms with Crippen LogP contribution in [0.25, 0.3) is 10.9 Å². The molecule has 17 heavy (non-hydrogen) atoms. The Bertz CT molecular complexity index is 717. The maximum Gasteiger partial charge on any atom is 0.335 e. The molecule has 0 aliphatic heterocycles. The highest BCUT2D eigenvalue weighted by Gasteiger charge is 2.18. The second-order valence-electron chi connectivity index (χ2n) is 3.58. The Kier molecular flexibility index (Phi) is 2.63. The van der Waals surface area contributed by atoms with Crippen LogP contribution in [0.4, 0.5) is 0 Å². The predicted octanol–water partition coefficient (Wildman–Crippen LogP) is 1.80. The minimum atomic E-state index is -3.89. The number of hydrogen-bond acceptors (Lipinski definition) is 3. The monoisotopic (exact) mass is 273 g/mol. The first-order chi connectivity index (χ1) is 7.80. The van der Waals surface area contributed by atoms with Gasteiger partial charge in [-0.3, -0.25) is 0 Å². The Balaban J connectivity index is 2.87. The number of hydrogen-bond donors (Lipinski definition) is 1. The summed E-state index contributed by atoms with van der Waals surface area (Å²) in [5.74, 6) is -1.12. The first kappa shape index (κ1) is 11.9. The molecule has 0 aliphatic rings. The molecule has 1 aromatic heterocycles. The number of carboxylic acid groups (broad SMARTS) is 1. The summed E-state index contributed by atoms with van der Waals surface area (Å²) in [6, 6.07) is 4.26. The molecule has 0 aliphatic carbocycles. The Hall–Kier alpha value is -1.53. The van der Waals surface area contributed by atoms with Crippen LogP contribution in [0, 0.1) is 0 Å². The Morgan fingerprint density at radius 3 is 2.59 bits per heavy atom. The van der Waals surface area contributed by atoms with E-state index in [-0.39, 0.29) is 10.5 Å². The van der Waals surface area contributed by atoms with E-state index in [2.05, 4.69) is 0 Å². The molecule has 0 fully saturated rings. The first-order valence-electron chi connectivity index (χ1n) is 4.58. The fraction of sp³-hybridized carbons (Fsp3) is 0.100. The van der Waals surface area contributed by atoms with E-state index in [0.29, 0.717) is 10.9 Å². The summed E-state index contributed by atoms with van der Waals surface area (Å²) in [6.45, 7) is 0. The van der Waals surface area contributed by atoms with E-state index >= 15 is 0 Å². The topological polar surface area (TPSA) is 76.4 Å². The molecule has 2 aromatic rings. The minimum absolute atomic E-state index is 0.0188. The summed E-state index contributed by atoms with van der Waals surface area (Å²) in [6.07, 6.45) is 1.36. The van der Waals surface area contributed by atoms with Gasteiger partial charge in [-0.2, -0.15) is 0 Å². The van der Waals surface area contributed by atoms with Crippen molar-refractivity contribution in [2.45, 2.75) is 4.90 Å². The molecular formula is C10H8ClNO4S. The van der Waals surface area contributed by atoms with Crippen LogP contribution in [-0.4, -0.2) is 24.1 Å². The second-order valence-corrected chi connectivity index (χ2v) is 6.11. The minimum Gasteiger partial charge on any atom is -0.478 e. The van der Waals surface area contributed by atoms with Gasteiger partial charge in [0.1, 0.15) is 4.90 Å². The normalized spacial score (nSPS) is 11.9. The summed E-state index contributed by atoms with van der Waals surface area (Å²) in [4.78, 5) is 10.7. The molecule has 0 saturated carbocycles. The second kappa shape index (κ2) is 3.75. The Morgan fingerprint density at radius 1 is 1.41 bits per heavy atom. The lowest BCUT2D eigenvalue weighted by molar-refractivity contribution is 0.0697. The van der Waals surface area contributed by atoms with Crippen molar-refractivity contribution in [3.8, 4) is 0 Å². The smallest absolute Gasteiger partial charge is 0.335 e. The SMILES string of the molecule is Cn1cc(S(=O)(=O)Cl)c2cc(C(=O)O)ccc21. The van der Waals surface area contributed by atoms with Crippen LogP contribution >= 0.6 is 10.7 Å². The highest BCUT2D eigenvalue weighted by atomic mass is 35.7. The van der Waals surface area contributed by atoms with E-state index in [1.54, 1.807) is 17.7 Å². The molecule has 2 rings (SSSR count). The van der Waals surface area contributed by atoms with E-state index in [9.17, 15) is 13.2 Å². The van der Waals surface area contributed by atoms with Gasteiger partial charge in [0, 0.05) is 34.8 Å². The lowest BCUT2D eigenvalue weighted by Gasteiger charge is -1.98. The molecule has 0 atom stereocenters. The molecule has 0 saturated heterocycles. The molecule has 1 N–H and O–H groups in total. The number of benzene rings is 1. The fourth-order valence-corrected chi connectivity index (χ4v) is 2.76. The van der Waals surface area contributed by atoms with Gasteiger partial charge in [0.15, 0.2) is 0 Å². The number of fused-ring (bicyclic) bond motifs is 1. The highest BCUT2D eigenvalue weighted by Crippen LogP contribution is 2.28. The van der Waals surface area contributed by atoms with Gasteiger partial charge in [0.05, 0.1) is 5.56 Å². The molecule has 0 radical (unpaired) electrons. The number of aromatic carboxylic acids is 1. The van der Waals surface area contributed by atoms with E-state index in [1.165, 1.54) is 18.3 Å². The fourth-order valence-electron chi connectivity index (χ4n) is 1.68. The van der Waals surface area contributed by atoms with Crippen LogP contribution in [0.1, 0.15) is 10.4 Å². The largest absolute Gasteiger partial charge is 0.478 e. The van der Waals surface area contributed by atoms with Crippen LogP contribution in [-0.2, 0) is 16.1 Å². The number of aryl methyl sites for hydroxylation is 1. The van der Waals surface area contributed by atoms with Crippen LogP contribution in [0.15, 0.2) is 29.3 Å². The van der Waals surface area contributed by atoms with Crippen molar-refractivity contribution in [2.24, 2.45) is 7.05 Å². The zero-order valence-electron chi connectivity index (χ0n) is 8.71. The van der Waals surface area contributed by atoms with Gasteiger partial charge in [0.2, 0.25) is 0 Å². The van der Waals surface area contributed by atoms with Crippen molar-refractivity contribution in [3.63, 3.8) is 0 Å². The number of carbonyl (C=O) groups is 1. The zero-order chi connectivity index (χ0) is 12.8. The third-order valence-electron chi connectivity index (χ3n) is 2.46. The first-order valence-corrected chi connectivity index (χ1v) is 6.88. The van der Waals surface area contributed by atoms with E-state index in [0.717, 1.165) is 0 Å². The number of rotatable bonds is 2. The van der Waals surface area contributed by atoms with Gasteiger partial charge >= 0.3 is 5.97 Å². The predicted molar refractivity (Wildman–Crippen MR) is 62.9 cm³/mol. The van der Waals surface area contributed by atoms with Crippen molar-refractivity contribution >= 4 is 36.6 Å². The van der Waals surface area contributed by atoms with Crippen molar-refractivity contribution in [1.82, 2.24) is 4.57 Å². The van der Waals surface area contributed by atoms with Gasteiger partial charge in [-0.1, -0.05) is 0 Å². The summed E-state index contributed by atoms with van der Waals surface area (Å²) in [5.41, 5.74) is 0.625. The van der Waals surface area contributed by atoms with Crippen molar-refractivity contribution in [2.75, 3.05) is 0 Å². The maximum atomic E-state index is 11.3. The van der Waals surface area contributed by atoms with E-state index < -0.39 is 15.0 Å². The third kappa shape index (κ3) is 2.01. The molecule has 0 amide bonds. The number of nitrogens with zero attached hydrogens (tertiary/aromatic N) is 1. The van der Waals surface area contributed by atoms with Crippen LogP contribution < -0.4 is 0 Å². The molecule has 0 bridgehead atoms. The summed E-state index contributed by atoms with van der Waals surface area (Å²) in [7, 11) is 3.06. The van der Waals surface area contributed by atoms with Crippen LogP contribution in [0.2, 0.25) is 0 Å². The lowest BCUT2D eigenvalue weighted by Crippen LogP contribution is -1.96. The van der Waals surface area contributed by atoms with Crippen molar-refractivity contribution in [1.29, 1.82) is 0 Å². The van der Waals surface area contributed by atoms with Gasteiger partial charge in [-0.25, -0.2) is 13.2 Å². The molecule has 0 spiro atoms. The molecular weight excluding hydrogens is 266 g/mol. The quantitative estimate of drug-likeness (QED) is 0.847. The molecule has 5 nitrogen and oxygen atoms in total.